The van der Waals surface area contributed by atoms with Crippen LogP contribution in [0.3, 0.4) is 0 Å². The third-order valence-corrected chi connectivity index (χ3v) is 3.36. The monoisotopic (exact) mass is 265 g/mol. The molecule has 0 atom stereocenters. The van der Waals surface area contributed by atoms with Crippen LogP contribution < -0.4 is 11.2 Å². The van der Waals surface area contributed by atoms with Gasteiger partial charge in [0.05, 0.1) is 12.2 Å². The van der Waals surface area contributed by atoms with Crippen LogP contribution in [0.5, 0.6) is 0 Å². The first-order valence-corrected chi connectivity index (χ1v) is 6.49. The van der Waals surface area contributed by atoms with Crippen LogP contribution in [0.4, 0.5) is 0 Å². The minimum absolute atomic E-state index is 0.00467. The molecule has 0 bridgehead atoms. The van der Waals surface area contributed by atoms with E-state index in [1.54, 1.807) is 0 Å². The average molecular weight is 265 g/mol. The number of nitrogens with zero attached hydrogens (tertiary/aromatic N) is 2. The molecule has 0 saturated carbocycles. The summed E-state index contributed by atoms with van der Waals surface area (Å²) in [7, 11) is 0. The van der Waals surface area contributed by atoms with Crippen LogP contribution in [-0.4, -0.2) is 14.5 Å². The Morgan fingerprint density at radius 2 is 2.11 bits per heavy atom. The fourth-order valence-electron chi connectivity index (χ4n) is 1.44. The van der Waals surface area contributed by atoms with Gasteiger partial charge in [-0.1, -0.05) is 20.8 Å². The lowest BCUT2D eigenvalue weighted by Crippen LogP contribution is -2.28. The number of hydrogen-bond acceptors (Lipinski definition) is 4. The van der Waals surface area contributed by atoms with Crippen LogP contribution in [0.25, 0.3) is 0 Å². The second-order valence-corrected chi connectivity index (χ2v) is 6.06. The molecule has 18 heavy (non-hydrogen) atoms. The second-order valence-electron chi connectivity index (χ2n) is 5.11. The smallest absolute Gasteiger partial charge is 0.294 e. The highest BCUT2D eigenvalue weighted by molar-refractivity contribution is 7.09. The molecule has 0 unspecified atom stereocenters. The lowest BCUT2D eigenvalue weighted by Gasteiger charge is -2.14. The fourth-order valence-corrected chi connectivity index (χ4v) is 2.46. The molecule has 0 aliphatic rings. The van der Waals surface area contributed by atoms with Crippen molar-refractivity contribution in [2.75, 3.05) is 0 Å². The largest absolute Gasteiger partial charge is 0.328 e. The van der Waals surface area contributed by atoms with Gasteiger partial charge < -0.3 is 0 Å². The Hall–Kier alpha value is -1.69. The standard InChI is InChI=1S/C12H15N3O2S/c1-12(2,3)8-7-18-10(13-8)6-15-5-4-9(16)14-11(15)17/h4-5,7H,6H2,1-3H3,(H,14,16,17). The normalized spacial score (nSPS) is 11.7. The van der Waals surface area contributed by atoms with E-state index in [2.05, 4.69) is 30.7 Å². The molecule has 2 rings (SSSR count). The quantitative estimate of drug-likeness (QED) is 0.891. The number of aromatic amines is 1. The van der Waals surface area contributed by atoms with Gasteiger partial charge in [0.25, 0.3) is 5.56 Å². The van der Waals surface area contributed by atoms with Gasteiger partial charge in [0.2, 0.25) is 0 Å². The summed E-state index contributed by atoms with van der Waals surface area (Å²) in [5.41, 5.74) is 0.228. The molecular weight excluding hydrogens is 250 g/mol. The summed E-state index contributed by atoms with van der Waals surface area (Å²) in [6, 6.07) is 1.33. The molecule has 2 aromatic heterocycles. The predicted molar refractivity (Wildman–Crippen MR) is 71.2 cm³/mol. The Kier molecular flexibility index (Phi) is 3.21. The Morgan fingerprint density at radius 1 is 1.39 bits per heavy atom. The van der Waals surface area contributed by atoms with E-state index in [9.17, 15) is 9.59 Å². The van der Waals surface area contributed by atoms with E-state index in [4.69, 9.17) is 0 Å². The van der Waals surface area contributed by atoms with Crippen molar-refractivity contribution >= 4 is 11.3 Å². The maximum Gasteiger partial charge on any atom is 0.328 e. The first kappa shape index (κ1) is 12.8. The van der Waals surface area contributed by atoms with Crippen LogP contribution >= 0.6 is 11.3 Å². The van der Waals surface area contributed by atoms with E-state index < -0.39 is 5.69 Å². The van der Waals surface area contributed by atoms with Crippen molar-refractivity contribution in [3.05, 3.63) is 49.2 Å². The van der Waals surface area contributed by atoms with E-state index >= 15 is 0 Å². The first-order valence-electron chi connectivity index (χ1n) is 5.61. The molecule has 0 radical (unpaired) electrons. The zero-order valence-electron chi connectivity index (χ0n) is 10.6. The van der Waals surface area contributed by atoms with E-state index in [0.717, 1.165) is 10.7 Å². The van der Waals surface area contributed by atoms with Crippen LogP contribution in [-0.2, 0) is 12.0 Å². The molecule has 2 aromatic rings. The van der Waals surface area contributed by atoms with Crippen LogP contribution in [0.1, 0.15) is 31.5 Å². The molecule has 0 saturated heterocycles. The first-order chi connectivity index (χ1) is 8.36. The molecule has 0 aliphatic carbocycles. The maximum atomic E-state index is 11.5. The highest BCUT2D eigenvalue weighted by atomic mass is 32.1. The van der Waals surface area contributed by atoms with Crippen LogP contribution in [0, 0.1) is 0 Å². The molecule has 0 amide bonds. The van der Waals surface area contributed by atoms with E-state index in [1.807, 2.05) is 5.38 Å². The Morgan fingerprint density at radius 3 is 2.67 bits per heavy atom. The summed E-state index contributed by atoms with van der Waals surface area (Å²) in [6.45, 7) is 6.67. The molecule has 0 aliphatic heterocycles. The van der Waals surface area contributed by atoms with E-state index in [1.165, 1.54) is 28.2 Å². The minimum Gasteiger partial charge on any atom is -0.294 e. The Bertz CT molecular complexity index is 661. The van der Waals surface area contributed by atoms with E-state index in [-0.39, 0.29) is 11.0 Å². The van der Waals surface area contributed by atoms with Gasteiger partial charge in [-0.25, -0.2) is 9.78 Å². The predicted octanol–water partition coefficient (Wildman–Crippen LogP) is 1.34. The van der Waals surface area contributed by atoms with Gasteiger partial charge in [0, 0.05) is 23.1 Å². The third-order valence-electron chi connectivity index (χ3n) is 2.52. The minimum atomic E-state index is -0.407. The van der Waals surface area contributed by atoms with Crippen molar-refractivity contribution < 1.29 is 0 Å². The molecule has 5 nitrogen and oxygen atoms in total. The van der Waals surface area contributed by atoms with Crippen molar-refractivity contribution in [2.24, 2.45) is 0 Å². The van der Waals surface area contributed by atoms with Gasteiger partial charge in [0.1, 0.15) is 5.01 Å². The number of aromatic nitrogens is 3. The highest BCUT2D eigenvalue weighted by Gasteiger charge is 2.17. The van der Waals surface area contributed by atoms with E-state index in [0.29, 0.717) is 6.54 Å². The van der Waals surface area contributed by atoms with Crippen molar-refractivity contribution in [1.29, 1.82) is 0 Å². The van der Waals surface area contributed by atoms with Gasteiger partial charge in [-0.3, -0.25) is 14.3 Å². The Balaban J connectivity index is 2.27. The summed E-state index contributed by atoms with van der Waals surface area (Å²) in [4.78, 5) is 29.2. The number of H-pyrrole nitrogens is 1. The van der Waals surface area contributed by atoms with Crippen molar-refractivity contribution in [3.8, 4) is 0 Å². The molecule has 96 valence electrons. The third kappa shape index (κ3) is 2.76. The lowest BCUT2D eigenvalue weighted by molar-refractivity contribution is 0.569. The summed E-state index contributed by atoms with van der Waals surface area (Å²) in [5, 5.41) is 2.86. The number of nitrogens with one attached hydrogen (secondary N) is 1. The SMILES string of the molecule is CC(C)(C)c1csc(Cn2ccc(=O)[nH]c2=O)n1. The van der Waals surface area contributed by atoms with Gasteiger partial charge in [-0.2, -0.15) is 0 Å². The number of hydrogen-bond donors (Lipinski definition) is 1. The molecule has 0 aromatic carbocycles. The molecular formula is C12H15N3O2S. The van der Waals surface area contributed by atoms with Crippen molar-refractivity contribution in [1.82, 2.24) is 14.5 Å². The summed E-state index contributed by atoms with van der Waals surface area (Å²) < 4.78 is 1.44. The molecule has 1 N–H and O–H groups in total. The molecule has 6 heteroatoms. The van der Waals surface area contributed by atoms with Gasteiger partial charge in [0.15, 0.2) is 0 Å². The van der Waals surface area contributed by atoms with Gasteiger partial charge >= 0.3 is 5.69 Å². The molecule has 0 fully saturated rings. The molecule has 0 spiro atoms. The lowest BCUT2D eigenvalue weighted by atomic mass is 9.93. The van der Waals surface area contributed by atoms with Crippen LogP contribution in [0.2, 0.25) is 0 Å². The average Bonchev–Trinajstić information content (AvgIpc) is 2.70. The maximum absolute atomic E-state index is 11.5. The van der Waals surface area contributed by atoms with Crippen LogP contribution in [0.15, 0.2) is 27.2 Å². The van der Waals surface area contributed by atoms with Crippen molar-refractivity contribution in [3.63, 3.8) is 0 Å². The fraction of sp³-hybridized carbons (Fsp3) is 0.417. The van der Waals surface area contributed by atoms with Gasteiger partial charge in [-0.15, -0.1) is 11.3 Å². The molecule has 2 heterocycles. The zero-order chi connectivity index (χ0) is 13.3. The van der Waals surface area contributed by atoms with Gasteiger partial charge in [-0.05, 0) is 0 Å². The zero-order valence-corrected chi connectivity index (χ0v) is 11.4. The highest BCUT2D eigenvalue weighted by Crippen LogP contribution is 2.23. The summed E-state index contributed by atoms with van der Waals surface area (Å²) in [6.07, 6.45) is 1.49. The number of thiazole rings is 1. The topological polar surface area (TPSA) is 67.8 Å². The Labute approximate surface area is 108 Å². The summed E-state index contributed by atoms with van der Waals surface area (Å²) >= 11 is 1.52. The van der Waals surface area contributed by atoms with Crippen molar-refractivity contribution in [2.45, 2.75) is 32.7 Å². The number of rotatable bonds is 2. The summed E-state index contributed by atoms with van der Waals surface area (Å²) in [5.74, 6) is 0. The second kappa shape index (κ2) is 4.53.